The molecular weight excluding hydrogens is 382 g/mol. The van der Waals surface area contributed by atoms with Crippen LogP contribution >= 0.6 is 0 Å². The molecule has 154 valence electrons. The number of methoxy groups -OCH3 is 1. The zero-order valence-corrected chi connectivity index (χ0v) is 16.1. The van der Waals surface area contributed by atoms with E-state index in [1.165, 1.54) is 43.3 Å². The second kappa shape index (κ2) is 10.3. The first-order valence-electron chi connectivity index (χ1n) is 8.93. The molecule has 0 saturated carbocycles. The molecule has 2 atom stereocenters. The van der Waals surface area contributed by atoms with Gasteiger partial charge < -0.3 is 15.4 Å². The lowest BCUT2D eigenvalue weighted by atomic mass is 10.0. The van der Waals surface area contributed by atoms with Crippen LogP contribution in [0.4, 0.5) is 8.78 Å². The average Bonchev–Trinajstić information content (AvgIpc) is 2.67. The van der Waals surface area contributed by atoms with Gasteiger partial charge in [0.2, 0.25) is 11.8 Å². The molecule has 0 heterocycles. The van der Waals surface area contributed by atoms with Gasteiger partial charge in [0.1, 0.15) is 23.7 Å². The van der Waals surface area contributed by atoms with Gasteiger partial charge in [-0.25, -0.2) is 13.6 Å². The Kier molecular flexibility index (Phi) is 7.82. The molecule has 0 fully saturated rings. The van der Waals surface area contributed by atoms with Gasteiger partial charge >= 0.3 is 5.97 Å². The fourth-order valence-corrected chi connectivity index (χ4v) is 2.85. The highest BCUT2D eigenvalue weighted by Gasteiger charge is 2.28. The number of esters is 1. The third-order valence-electron chi connectivity index (χ3n) is 4.21. The van der Waals surface area contributed by atoms with Crippen molar-refractivity contribution in [2.45, 2.75) is 31.8 Å². The second-order valence-electron chi connectivity index (χ2n) is 6.47. The van der Waals surface area contributed by atoms with Gasteiger partial charge in [0.05, 0.1) is 7.11 Å². The summed E-state index contributed by atoms with van der Waals surface area (Å²) in [5.41, 5.74) is 0.715. The Morgan fingerprint density at radius 2 is 1.69 bits per heavy atom. The molecule has 0 aliphatic rings. The van der Waals surface area contributed by atoms with E-state index in [0.717, 1.165) is 7.11 Å². The van der Waals surface area contributed by atoms with Crippen molar-refractivity contribution in [3.05, 3.63) is 71.3 Å². The van der Waals surface area contributed by atoms with Crippen LogP contribution in [0.5, 0.6) is 0 Å². The Bertz CT molecular complexity index is 888. The molecule has 2 amide bonds. The van der Waals surface area contributed by atoms with Crippen LogP contribution in [0.3, 0.4) is 0 Å². The van der Waals surface area contributed by atoms with E-state index in [1.54, 1.807) is 12.1 Å². The van der Waals surface area contributed by atoms with E-state index < -0.39 is 41.5 Å². The molecule has 2 aromatic rings. The quantitative estimate of drug-likeness (QED) is 0.659. The van der Waals surface area contributed by atoms with Crippen LogP contribution in [0.25, 0.3) is 0 Å². The molecule has 2 aromatic carbocycles. The van der Waals surface area contributed by atoms with Crippen LogP contribution in [-0.2, 0) is 32.0 Å². The summed E-state index contributed by atoms with van der Waals surface area (Å²) in [7, 11) is 1.16. The molecule has 0 spiro atoms. The van der Waals surface area contributed by atoms with Crippen LogP contribution in [0, 0.1) is 11.6 Å². The highest BCUT2D eigenvalue weighted by Crippen LogP contribution is 2.11. The van der Waals surface area contributed by atoms with Gasteiger partial charge in [0.25, 0.3) is 0 Å². The Balaban J connectivity index is 2.19. The van der Waals surface area contributed by atoms with E-state index in [4.69, 9.17) is 4.74 Å². The molecule has 0 radical (unpaired) electrons. The van der Waals surface area contributed by atoms with Gasteiger partial charge in [-0.15, -0.1) is 0 Å². The number of carbonyl (C=O) groups is 3. The zero-order chi connectivity index (χ0) is 21.4. The number of hydrogen-bond donors (Lipinski definition) is 2. The van der Waals surface area contributed by atoms with Crippen molar-refractivity contribution >= 4 is 17.8 Å². The summed E-state index contributed by atoms with van der Waals surface area (Å²) in [4.78, 5) is 36.4. The molecule has 0 aliphatic heterocycles. The lowest BCUT2D eigenvalue weighted by Crippen LogP contribution is -2.53. The maximum absolute atomic E-state index is 14.0. The number of hydrogen-bond acceptors (Lipinski definition) is 4. The van der Waals surface area contributed by atoms with E-state index in [9.17, 15) is 23.2 Å². The van der Waals surface area contributed by atoms with Crippen molar-refractivity contribution in [3.63, 3.8) is 0 Å². The minimum Gasteiger partial charge on any atom is -0.467 e. The normalized spacial score (nSPS) is 12.6. The highest BCUT2D eigenvalue weighted by atomic mass is 19.1. The molecule has 2 N–H and O–H groups in total. The molecule has 8 heteroatoms. The van der Waals surface area contributed by atoms with Crippen LogP contribution in [-0.4, -0.2) is 37.0 Å². The lowest BCUT2D eigenvalue weighted by Gasteiger charge is -2.22. The standard InChI is InChI=1S/C21H22F2N2O4/c1-13(26)24-18(12-15-7-3-4-9-17(15)23)20(27)25-19(21(28)29-2)11-14-6-5-8-16(22)10-14/h3-10,18-19H,11-12H2,1-2H3,(H,24,26)(H,25,27)/t18-,19+/m1/s1. The Hall–Kier alpha value is -3.29. The van der Waals surface area contributed by atoms with E-state index in [0.29, 0.717) is 5.56 Å². The molecule has 0 bridgehead atoms. The number of amides is 2. The monoisotopic (exact) mass is 404 g/mol. The van der Waals surface area contributed by atoms with Gasteiger partial charge in [0, 0.05) is 19.8 Å². The van der Waals surface area contributed by atoms with E-state index >= 15 is 0 Å². The molecule has 0 aromatic heterocycles. The largest absolute Gasteiger partial charge is 0.467 e. The summed E-state index contributed by atoms with van der Waals surface area (Å²) in [6.45, 7) is 1.23. The van der Waals surface area contributed by atoms with Gasteiger partial charge in [-0.2, -0.15) is 0 Å². The number of ether oxygens (including phenoxy) is 1. The smallest absolute Gasteiger partial charge is 0.328 e. The van der Waals surface area contributed by atoms with Crippen molar-refractivity contribution in [1.82, 2.24) is 10.6 Å². The Morgan fingerprint density at radius 1 is 0.966 bits per heavy atom. The SMILES string of the molecule is COC(=O)[C@H](Cc1cccc(F)c1)NC(=O)[C@@H](Cc1ccccc1F)NC(C)=O. The summed E-state index contributed by atoms with van der Waals surface area (Å²) in [6, 6.07) is 9.26. The minimum absolute atomic E-state index is 0.0112. The lowest BCUT2D eigenvalue weighted by molar-refractivity contribution is -0.145. The van der Waals surface area contributed by atoms with Crippen LogP contribution in [0.15, 0.2) is 48.5 Å². The van der Waals surface area contributed by atoms with Crippen molar-refractivity contribution < 1.29 is 27.9 Å². The first kappa shape index (κ1) is 22.0. The summed E-state index contributed by atoms with van der Waals surface area (Å²) in [6.07, 6.45) is -0.116. The third-order valence-corrected chi connectivity index (χ3v) is 4.21. The number of rotatable bonds is 8. The Labute approximate surface area is 167 Å². The second-order valence-corrected chi connectivity index (χ2v) is 6.47. The topological polar surface area (TPSA) is 84.5 Å². The molecule has 0 unspecified atom stereocenters. The maximum atomic E-state index is 14.0. The highest BCUT2D eigenvalue weighted by molar-refractivity contribution is 5.90. The van der Waals surface area contributed by atoms with Crippen molar-refractivity contribution in [3.8, 4) is 0 Å². The number of halogens is 2. The number of benzene rings is 2. The molecule has 0 aliphatic carbocycles. The number of nitrogens with one attached hydrogen (secondary N) is 2. The van der Waals surface area contributed by atoms with Crippen molar-refractivity contribution in [2.24, 2.45) is 0 Å². The first-order chi connectivity index (χ1) is 13.8. The summed E-state index contributed by atoms with van der Waals surface area (Å²) in [5.74, 6) is -2.89. The predicted molar refractivity (Wildman–Crippen MR) is 102 cm³/mol. The molecule has 29 heavy (non-hydrogen) atoms. The summed E-state index contributed by atoms with van der Waals surface area (Å²) in [5, 5.41) is 4.97. The minimum atomic E-state index is -1.11. The fraction of sp³-hybridized carbons (Fsp3) is 0.286. The van der Waals surface area contributed by atoms with Gasteiger partial charge in [-0.3, -0.25) is 9.59 Å². The van der Waals surface area contributed by atoms with Gasteiger partial charge in [-0.05, 0) is 29.3 Å². The van der Waals surface area contributed by atoms with Crippen LogP contribution in [0.1, 0.15) is 18.1 Å². The third kappa shape index (κ3) is 6.67. The summed E-state index contributed by atoms with van der Waals surface area (Å²) < 4.78 is 32.1. The van der Waals surface area contributed by atoms with E-state index in [-0.39, 0.29) is 18.4 Å². The fourth-order valence-electron chi connectivity index (χ4n) is 2.85. The van der Waals surface area contributed by atoms with E-state index in [2.05, 4.69) is 10.6 Å². The average molecular weight is 404 g/mol. The number of carbonyl (C=O) groups excluding carboxylic acids is 3. The predicted octanol–water partition coefficient (Wildman–Crippen LogP) is 1.91. The maximum Gasteiger partial charge on any atom is 0.328 e. The zero-order valence-electron chi connectivity index (χ0n) is 16.1. The molecular formula is C21H22F2N2O4. The van der Waals surface area contributed by atoms with Gasteiger partial charge in [0.15, 0.2) is 0 Å². The van der Waals surface area contributed by atoms with Crippen molar-refractivity contribution in [1.29, 1.82) is 0 Å². The van der Waals surface area contributed by atoms with Crippen LogP contribution < -0.4 is 10.6 Å². The summed E-state index contributed by atoms with van der Waals surface area (Å²) >= 11 is 0. The van der Waals surface area contributed by atoms with Crippen LogP contribution in [0.2, 0.25) is 0 Å². The Morgan fingerprint density at radius 3 is 2.31 bits per heavy atom. The van der Waals surface area contributed by atoms with E-state index in [1.807, 2.05) is 0 Å². The molecule has 6 nitrogen and oxygen atoms in total. The first-order valence-corrected chi connectivity index (χ1v) is 8.93. The van der Waals surface area contributed by atoms with Gasteiger partial charge in [-0.1, -0.05) is 30.3 Å². The molecule has 2 rings (SSSR count). The van der Waals surface area contributed by atoms with Crippen molar-refractivity contribution in [2.75, 3.05) is 7.11 Å². The molecule has 0 saturated heterocycles.